The van der Waals surface area contributed by atoms with Gasteiger partial charge in [0.25, 0.3) is 0 Å². The Bertz CT molecular complexity index is 632. The Balaban J connectivity index is 1.89. The topological polar surface area (TPSA) is 83.7 Å². The van der Waals surface area contributed by atoms with Gasteiger partial charge in [0.1, 0.15) is 22.9 Å². The number of anilines is 1. The van der Waals surface area contributed by atoms with Crippen LogP contribution in [0, 0.1) is 6.92 Å². The summed E-state index contributed by atoms with van der Waals surface area (Å²) in [5.74, 6) is 1.83. The summed E-state index contributed by atoms with van der Waals surface area (Å²) in [7, 11) is 1.58. The maximum atomic E-state index is 11.9. The molecular formula is C16H20N2O4. The van der Waals surface area contributed by atoms with Crippen LogP contribution in [0.5, 0.6) is 5.75 Å². The molecule has 1 unspecified atom stereocenters. The largest absolute Gasteiger partial charge is 0.497 e. The van der Waals surface area contributed by atoms with Crippen LogP contribution in [0.25, 0.3) is 0 Å². The van der Waals surface area contributed by atoms with Crippen molar-refractivity contribution in [3.63, 3.8) is 0 Å². The molecule has 1 aromatic heterocycles. The minimum absolute atomic E-state index is 0.0297. The normalized spacial score (nSPS) is 13.3. The summed E-state index contributed by atoms with van der Waals surface area (Å²) in [4.78, 5) is 11.9. The first-order valence-corrected chi connectivity index (χ1v) is 6.89. The molecule has 2 aromatic rings. The van der Waals surface area contributed by atoms with Gasteiger partial charge in [-0.3, -0.25) is 0 Å². The average Bonchev–Trinajstić information content (AvgIpc) is 2.94. The van der Waals surface area contributed by atoms with Crippen LogP contribution in [-0.2, 0) is 5.60 Å². The summed E-state index contributed by atoms with van der Waals surface area (Å²) < 4.78 is 10.4. The van der Waals surface area contributed by atoms with Gasteiger partial charge in [-0.1, -0.05) is 0 Å². The lowest BCUT2D eigenvalue weighted by Gasteiger charge is -2.21. The Kier molecular flexibility index (Phi) is 4.72. The average molecular weight is 304 g/mol. The third kappa shape index (κ3) is 4.02. The number of urea groups is 1. The lowest BCUT2D eigenvalue weighted by atomic mass is 10.0. The molecule has 0 saturated carbocycles. The number of hydrogen-bond acceptors (Lipinski definition) is 4. The van der Waals surface area contributed by atoms with Crippen LogP contribution in [0.4, 0.5) is 10.5 Å². The van der Waals surface area contributed by atoms with Gasteiger partial charge in [0.15, 0.2) is 0 Å². The number of nitrogens with one attached hydrogen (secondary N) is 2. The molecule has 6 nitrogen and oxygen atoms in total. The monoisotopic (exact) mass is 304 g/mol. The smallest absolute Gasteiger partial charge is 0.319 e. The van der Waals surface area contributed by atoms with E-state index in [2.05, 4.69) is 10.6 Å². The molecule has 22 heavy (non-hydrogen) atoms. The minimum Gasteiger partial charge on any atom is -0.497 e. The molecule has 1 heterocycles. The zero-order valence-corrected chi connectivity index (χ0v) is 12.8. The van der Waals surface area contributed by atoms with Gasteiger partial charge in [0, 0.05) is 5.69 Å². The molecule has 1 aromatic carbocycles. The summed E-state index contributed by atoms with van der Waals surface area (Å²) in [6.45, 7) is 3.41. The predicted octanol–water partition coefficient (Wildman–Crippen LogP) is 2.63. The number of carbonyl (C=O) groups is 1. The highest BCUT2D eigenvalue weighted by Gasteiger charge is 2.27. The highest BCUT2D eigenvalue weighted by molar-refractivity contribution is 5.89. The molecule has 0 spiro atoms. The quantitative estimate of drug-likeness (QED) is 0.793. The van der Waals surface area contributed by atoms with E-state index in [4.69, 9.17) is 9.15 Å². The molecule has 2 amide bonds. The molecule has 0 fully saturated rings. The van der Waals surface area contributed by atoms with Gasteiger partial charge in [-0.15, -0.1) is 0 Å². The fraction of sp³-hybridized carbons (Fsp3) is 0.312. The molecule has 3 N–H and O–H groups in total. The van der Waals surface area contributed by atoms with Crippen molar-refractivity contribution in [2.75, 3.05) is 19.0 Å². The molecule has 2 rings (SSSR count). The van der Waals surface area contributed by atoms with Crippen LogP contribution in [0.2, 0.25) is 0 Å². The SMILES string of the molecule is COc1ccc(NC(=O)NCC(C)(O)c2ccc(C)o2)cc1. The van der Waals surface area contributed by atoms with Crippen molar-refractivity contribution in [3.05, 3.63) is 47.9 Å². The number of aryl methyl sites for hydroxylation is 1. The van der Waals surface area contributed by atoms with Crippen molar-refractivity contribution < 1.29 is 19.1 Å². The van der Waals surface area contributed by atoms with Crippen LogP contribution in [0.3, 0.4) is 0 Å². The standard InChI is InChI=1S/C16H20N2O4/c1-11-4-9-14(22-11)16(2,20)10-17-15(19)18-12-5-7-13(21-3)8-6-12/h4-9,20H,10H2,1-3H3,(H2,17,18,19). The van der Waals surface area contributed by atoms with Gasteiger partial charge < -0.3 is 24.9 Å². The van der Waals surface area contributed by atoms with Crippen LogP contribution in [0.15, 0.2) is 40.8 Å². The number of hydrogen-bond donors (Lipinski definition) is 3. The molecule has 0 aliphatic carbocycles. The van der Waals surface area contributed by atoms with Crippen LogP contribution in [0.1, 0.15) is 18.4 Å². The van der Waals surface area contributed by atoms with E-state index < -0.39 is 11.6 Å². The molecule has 1 atom stereocenters. The second kappa shape index (κ2) is 6.53. The van der Waals surface area contributed by atoms with E-state index in [9.17, 15) is 9.90 Å². The van der Waals surface area contributed by atoms with Crippen LogP contribution < -0.4 is 15.4 Å². The zero-order valence-electron chi connectivity index (χ0n) is 12.8. The zero-order chi connectivity index (χ0) is 16.2. The van der Waals surface area contributed by atoms with Gasteiger partial charge in [0.2, 0.25) is 0 Å². The lowest BCUT2D eigenvalue weighted by molar-refractivity contribution is 0.0364. The van der Waals surface area contributed by atoms with E-state index in [1.165, 1.54) is 0 Å². The number of rotatable bonds is 5. The molecule has 0 aliphatic rings. The fourth-order valence-electron chi connectivity index (χ4n) is 1.91. The molecule has 118 valence electrons. The van der Waals surface area contributed by atoms with E-state index in [-0.39, 0.29) is 6.54 Å². The van der Waals surface area contributed by atoms with E-state index >= 15 is 0 Å². The van der Waals surface area contributed by atoms with Crippen LogP contribution >= 0.6 is 0 Å². The predicted molar refractivity (Wildman–Crippen MR) is 83.0 cm³/mol. The Morgan fingerprint density at radius 3 is 2.50 bits per heavy atom. The number of carbonyl (C=O) groups excluding carboxylic acids is 1. The van der Waals surface area contributed by atoms with Crippen molar-refractivity contribution in [2.45, 2.75) is 19.4 Å². The molecule has 0 bridgehead atoms. The molecular weight excluding hydrogens is 284 g/mol. The maximum absolute atomic E-state index is 11.9. The van der Waals surface area contributed by atoms with E-state index in [0.717, 1.165) is 0 Å². The van der Waals surface area contributed by atoms with Gasteiger partial charge in [-0.25, -0.2) is 4.79 Å². The molecule has 0 saturated heterocycles. The number of aliphatic hydroxyl groups is 1. The number of ether oxygens (including phenoxy) is 1. The number of benzene rings is 1. The van der Waals surface area contributed by atoms with Gasteiger partial charge in [-0.05, 0) is 50.2 Å². The maximum Gasteiger partial charge on any atom is 0.319 e. The molecule has 0 radical (unpaired) electrons. The highest BCUT2D eigenvalue weighted by atomic mass is 16.5. The second-order valence-corrected chi connectivity index (χ2v) is 5.22. The fourth-order valence-corrected chi connectivity index (χ4v) is 1.91. The minimum atomic E-state index is -1.27. The summed E-state index contributed by atoms with van der Waals surface area (Å²) >= 11 is 0. The van der Waals surface area contributed by atoms with Crippen molar-refractivity contribution in [1.29, 1.82) is 0 Å². The summed E-state index contributed by atoms with van der Waals surface area (Å²) in [6, 6.07) is 10.0. The summed E-state index contributed by atoms with van der Waals surface area (Å²) in [6.07, 6.45) is 0. The molecule has 6 heteroatoms. The third-order valence-electron chi connectivity index (χ3n) is 3.21. The van der Waals surface area contributed by atoms with Gasteiger partial charge in [-0.2, -0.15) is 0 Å². The van der Waals surface area contributed by atoms with E-state index in [0.29, 0.717) is 23.0 Å². The van der Waals surface area contributed by atoms with Crippen molar-refractivity contribution >= 4 is 11.7 Å². The van der Waals surface area contributed by atoms with E-state index in [1.54, 1.807) is 57.4 Å². The Morgan fingerprint density at radius 2 is 1.95 bits per heavy atom. The third-order valence-corrected chi connectivity index (χ3v) is 3.21. The number of furan rings is 1. The van der Waals surface area contributed by atoms with Crippen molar-refractivity contribution in [1.82, 2.24) is 5.32 Å². The van der Waals surface area contributed by atoms with Gasteiger partial charge >= 0.3 is 6.03 Å². The summed E-state index contributed by atoms with van der Waals surface area (Å²) in [5.41, 5.74) is -0.641. The van der Waals surface area contributed by atoms with Crippen LogP contribution in [-0.4, -0.2) is 24.8 Å². The lowest BCUT2D eigenvalue weighted by Crippen LogP contribution is -2.40. The Morgan fingerprint density at radius 1 is 1.27 bits per heavy atom. The van der Waals surface area contributed by atoms with E-state index in [1.807, 2.05) is 0 Å². The molecule has 0 aliphatic heterocycles. The van der Waals surface area contributed by atoms with Crippen molar-refractivity contribution in [2.24, 2.45) is 0 Å². The Labute approximate surface area is 129 Å². The van der Waals surface area contributed by atoms with Gasteiger partial charge in [0.05, 0.1) is 13.7 Å². The summed E-state index contributed by atoms with van der Waals surface area (Å²) in [5, 5.41) is 15.6. The first-order chi connectivity index (χ1) is 10.4. The second-order valence-electron chi connectivity index (χ2n) is 5.22. The first-order valence-electron chi connectivity index (χ1n) is 6.89. The number of methoxy groups -OCH3 is 1. The highest BCUT2D eigenvalue weighted by Crippen LogP contribution is 2.22. The first kappa shape index (κ1) is 15.9. The number of amides is 2. The van der Waals surface area contributed by atoms with Crippen molar-refractivity contribution in [3.8, 4) is 5.75 Å². The Hall–Kier alpha value is -2.47.